The number of phenolic OH excluding ortho intramolecular Hbond substituents is 2. The van der Waals surface area contributed by atoms with Crippen LogP contribution in [-0.2, 0) is 9.53 Å². The molecule has 1 saturated heterocycles. The SMILES string of the molecule is CCCCC(CCC/C=C/C=C(/C)C(=O)Nc1c(O)c2c(O)c(C)c3c(c2c2c1=NC1(CCN(CC(C)C)CC1)N=2)C(=O)C(C)(C)O3)OC(C)(C)O. The predicted octanol–water partition coefficient (Wildman–Crippen LogP) is 6.53. The van der Waals surface area contributed by atoms with Crippen LogP contribution in [0.4, 0.5) is 5.69 Å². The minimum absolute atomic E-state index is 0.0157. The van der Waals surface area contributed by atoms with Gasteiger partial charge in [0.25, 0.3) is 5.91 Å². The molecule has 4 N–H and O–H groups in total. The van der Waals surface area contributed by atoms with E-state index < -0.39 is 23.0 Å². The van der Waals surface area contributed by atoms with Crippen LogP contribution in [-0.4, -0.2) is 74.7 Å². The van der Waals surface area contributed by atoms with Crippen LogP contribution >= 0.6 is 0 Å². The van der Waals surface area contributed by atoms with Crippen molar-refractivity contribution in [1.82, 2.24) is 4.90 Å². The van der Waals surface area contributed by atoms with Crippen molar-refractivity contribution in [2.24, 2.45) is 15.9 Å². The minimum Gasteiger partial charge on any atom is -0.507 e. The number of piperidine rings is 1. The van der Waals surface area contributed by atoms with Gasteiger partial charge in [-0.15, -0.1) is 0 Å². The van der Waals surface area contributed by atoms with Crippen LogP contribution in [0.15, 0.2) is 33.8 Å². The first-order chi connectivity index (χ1) is 24.4. The number of rotatable bonds is 14. The fourth-order valence-electron chi connectivity index (χ4n) is 7.50. The highest BCUT2D eigenvalue weighted by molar-refractivity contribution is 6.20. The van der Waals surface area contributed by atoms with Crippen LogP contribution in [0.1, 0.15) is 123 Å². The molecule has 1 spiro atoms. The van der Waals surface area contributed by atoms with E-state index in [0.717, 1.165) is 58.2 Å². The summed E-state index contributed by atoms with van der Waals surface area (Å²) in [6, 6.07) is 0. The van der Waals surface area contributed by atoms with Crippen molar-refractivity contribution < 1.29 is 34.4 Å². The number of carbonyl (C=O) groups excluding carboxylic acids is 2. The number of allylic oxidation sites excluding steroid dienone is 3. The molecule has 3 heterocycles. The van der Waals surface area contributed by atoms with Gasteiger partial charge < -0.3 is 35.0 Å². The third kappa shape index (κ3) is 8.21. The largest absolute Gasteiger partial charge is 0.507 e. The smallest absolute Gasteiger partial charge is 0.251 e. The number of nitrogens with one attached hydrogen (secondary N) is 1. The number of Topliss-reactive ketones (excluding diaryl/α,β-unsaturated/α-hetero) is 1. The highest BCUT2D eigenvalue weighted by Gasteiger charge is 2.45. The Morgan fingerprint density at radius 2 is 1.73 bits per heavy atom. The number of ether oxygens (including phenoxy) is 2. The van der Waals surface area contributed by atoms with Gasteiger partial charge in [0.2, 0.25) is 5.78 Å². The number of amides is 1. The van der Waals surface area contributed by atoms with Gasteiger partial charge >= 0.3 is 0 Å². The van der Waals surface area contributed by atoms with E-state index in [1.165, 1.54) is 0 Å². The Labute approximate surface area is 307 Å². The standard InChI is InChI=1S/C41H58N4O7/c1-10-11-17-27(51-40(8,9)50)18-15-13-12-14-16-25(4)38(49)42-33-32-31(43-41(44-32)19-21-45(22-20-41)23-24(2)3)28-29(35(33)47)34(46)26(5)36-30(28)37(48)39(6,7)52-36/h12,14,16,24,27,46-47,50H,10-11,13,15,17-23H2,1-9H3,(H,42,49)/b14-12+,25-16-. The number of aliphatic hydroxyl groups is 1. The highest BCUT2D eigenvalue weighted by atomic mass is 16.6. The van der Waals surface area contributed by atoms with Gasteiger partial charge in [-0.25, -0.2) is 0 Å². The maximum atomic E-state index is 13.8. The first-order valence-electron chi connectivity index (χ1n) is 18.9. The van der Waals surface area contributed by atoms with Crippen molar-refractivity contribution >= 4 is 28.2 Å². The molecular formula is C41H58N4O7. The van der Waals surface area contributed by atoms with Crippen molar-refractivity contribution in [1.29, 1.82) is 0 Å². The molecule has 0 bridgehead atoms. The topological polar surface area (TPSA) is 153 Å². The van der Waals surface area contributed by atoms with Crippen LogP contribution in [0.25, 0.3) is 10.8 Å². The van der Waals surface area contributed by atoms with E-state index in [0.29, 0.717) is 46.0 Å². The third-order valence-electron chi connectivity index (χ3n) is 10.2. The lowest BCUT2D eigenvalue weighted by molar-refractivity contribution is -0.208. The Morgan fingerprint density at radius 1 is 1.08 bits per heavy atom. The number of aromatic hydroxyl groups is 2. The number of unbranched alkanes of at least 4 members (excludes halogenated alkanes) is 2. The molecule has 3 aliphatic rings. The van der Waals surface area contributed by atoms with E-state index >= 15 is 0 Å². The van der Waals surface area contributed by atoms with Gasteiger partial charge in [-0.2, -0.15) is 0 Å². The van der Waals surface area contributed by atoms with Crippen molar-refractivity contribution in [3.05, 3.63) is 45.6 Å². The lowest BCUT2D eigenvalue weighted by atomic mass is 9.91. The molecule has 5 rings (SSSR count). The van der Waals surface area contributed by atoms with Gasteiger partial charge in [-0.3, -0.25) is 19.6 Å². The van der Waals surface area contributed by atoms with E-state index in [2.05, 4.69) is 31.0 Å². The quantitative estimate of drug-likeness (QED) is 0.0566. The van der Waals surface area contributed by atoms with E-state index in [4.69, 9.17) is 19.5 Å². The fourth-order valence-corrected chi connectivity index (χ4v) is 7.50. The number of hydrogen-bond donors (Lipinski definition) is 4. The van der Waals surface area contributed by atoms with Crippen LogP contribution in [0.2, 0.25) is 0 Å². The number of benzene rings is 2. The van der Waals surface area contributed by atoms with E-state index in [1.807, 2.05) is 12.2 Å². The molecule has 1 amide bonds. The molecule has 11 nitrogen and oxygen atoms in total. The maximum Gasteiger partial charge on any atom is 0.251 e. The Bertz CT molecular complexity index is 1900. The summed E-state index contributed by atoms with van der Waals surface area (Å²) in [6.45, 7) is 19.0. The summed E-state index contributed by atoms with van der Waals surface area (Å²) < 4.78 is 11.9. The first-order valence-corrected chi connectivity index (χ1v) is 18.9. The van der Waals surface area contributed by atoms with Gasteiger partial charge in [0.05, 0.1) is 22.4 Å². The summed E-state index contributed by atoms with van der Waals surface area (Å²) in [5, 5.41) is 37.4. The Morgan fingerprint density at radius 3 is 2.37 bits per heavy atom. The Hall–Kier alpha value is -3.80. The third-order valence-corrected chi connectivity index (χ3v) is 10.2. The summed E-state index contributed by atoms with van der Waals surface area (Å²) in [4.78, 5) is 40.1. The summed E-state index contributed by atoms with van der Waals surface area (Å²) in [7, 11) is 0. The maximum absolute atomic E-state index is 13.8. The monoisotopic (exact) mass is 718 g/mol. The Kier molecular flexibility index (Phi) is 11.6. The van der Waals surface area contributed by atoms with E-state index in [1.54, 1.807) is 47.6 Å². The summed E-state index contributed by atoms with van der Waals surface area (Å²) in [5.41, 5.74) is -0.957. The molecule has 2 aromatic carbocycles. The second-order valence-electron chi connectivity index (χ2n) is 16.2. The zero-order valence-electron chi connectivity index (χ0n) is 32.5. The summed E-state index contributed by atoms with van der Waals surface area (Å²) in [5.74, 6) is -1.71. The molecule has 11 heteroatoms. The second-order valence-corrected chi connectivity index (χ2v) is 16.2. The van der Waals surface area contributed by atoms with Crippen LogP contribution in [0, 0.1) is 12.8 Å². The number of nitrogens with zero attached hydrogens (tertiary/aromatic N) is 3. The molecule has 1 unspecified atom stereocenters. The molecule has 52 heavy (non-hydrogen) atoms. The van der Waals surface area contributed by atoms with E-state index in [-0.39, 0.29) is 45.8 Å². The zero-order chi connectivity index (χ0) is 38.2. The van der Waals surface area contributed by atoms with Crippen molar-refractivity contribution in [2.45, 2.75) is 137 Å². The predicted molar refractivity (Wildman–Crippen MR) is 203 cm³/mol. The molecular weight excluding hydrogens is 660 g/mol. The number of phenols is 2. The molecule has 2 aromatic rings. The van der Waals surface area contributed by atoms with Crippen LogP contribution < -0.4 is 20.8 Å². The van der Waals surface area contributed by atoms with Gasteiger partial charge in [0.15, 0.2) is 22.8 Å². The summed E-state index contributed by atoms with van der Waals surface area (Å²) >= 11 is 0. The van der Waals surface area contributed by atoms with E-state index in [9.17, 15) is 24.9 Å². The molecule has 1 fully saturated rings. The van der Waals surface area contributed by atoms with Crippen molar-refractivity contribution in [2.75, 3.05) is 25.0 Å². The number of carbonyl (C=O) groups is 2. The van der Waals surface area contributed by atoms with Crippen molar-refractivity contribution in [3.8, 4) is 17.2 Å². The molecule has 284 valence electrons. The van der Waals surface area contributed by atoms with Crippen LogP contribution in [0.5, 0.6) is 17.2 Å². The number of fused-ring (bicyclic) bond motifs is 5. The second kappa shape index (κ2) is 15.3. The molecule has 0 aromatic heterocycles. The number of likely N-dealkylation sites (tertiary alicyclic amines) is 1. The average molecular weight is 719 g/mol. The van der Waals surface area contributed by atoms with Gasteiger partial charge in [-0.1, -0.05) is 51.8 Å². The molecule has 0 saturated carbocycles. The average Bonchev–Trinajstić information content (AvgIpc) is 3.55. The fraction of sp³-hybridized carbons (Fsp3) is 0.610. The van der Waals surface area contributed by atoms with Gasteiger partial charge in [-0.05, 0) is 73.1 Å². The first kappa shape index (κ1) is 39.4. The van der Waals surface area contributed by atoms with Gasteiger partial charge in [0.1, 0.15) is 22.5 Å². The van der Waals surface area contributed by atoms with Crippen molar-refractivity contribution in [3.63, 3.8) is 0 Å². The number of anilines is 1. The Balaban J connectivity index is 1.46. The minimum atomic E-state index is -1.17. The zero-order valence-corrected chi connectivity index (χ0v) is 32.5. The molecule has 0 aliphatic carbocycles. The summed E-state index contributed by atoms with van der Waals surface area (Å²) in [6.07, 6.45) is 12.3. The molecule has 0 radical (unpaired) electrons. The van der Waals surface area contributed by atoms with Gasteiger partial charge in [0, 0.05) is 49.0 Å². The number of ketones is 1. The normalized spacial score (nSPS) is 18.8. The molecule has 3 aliphatic heterocycles. The van der Waals surface area contributed by atoms with Crippen LogP contribution in [0.3, 0.4) is 0 Å². The molecule has 1 atom stereocenters. The lowest BCUT2D eigenvalue weighted by Crippen LogP contribution is -2.43. The number of hydrogen-bond acceptors (Lipinski definition) is 10. The lowest BCUT2D eigenvalue weighted by Gasteiger charge is -2.36. The highest BCUT2D eigenvalue weighted by Crippen LogP contribution is 2.49.